The van der Waals surface area contributed by atoms with Crippen LogP contribution in [0.25, 0.3) is 0 Å². The predicted octanol–water partition coefficient (Wildman–Crippen LogP) is 5.61. The van der Waals surface area contributed by atoms with Crippen LogP contribution in [0.1, 0.15) is 89.5 Å². The molecule has 0 N–H and O–H groups in total. The van der Waals surface area contributed by atoms with Gasteiger partial charge in [-0.2, -0.15) is 0 Å². The van der Waals surface area contributed by atoms with E-state index in [4.69, 9.17) is 9.47 Å². The second kappa shape index (κ2) is 6.74. The summed E-state index contributed by atoms with van der Waals surface area (Å²) < 4.78 is 11.7. The standard InChI is InChI=1S/C20H40O3/c1-16(2,3)20(12,17(4,5)6)15(21)23-19(10,11)13-14-22-18(7,8)9/h13-14H2,1-12H3. The van der Waals surface area contributed by atoms with E-state index < -0.39 is 11.0 Å². The molecule has 0 saturated carbocycles. The fraction of sp³-hybridized carbons (Fsp3) is 0.950. The van der Waals surface area contributed by atoms with Gasteiger partial charge in [-0.1, -0.05) is 41.5 Å². The smallest absolute Gasteiger partial charge is 0.313 e. The minimum atomic E-state index is -0.581. The second-order valence-electron chi connectivity index (χ2n) is 10.5. The zero-order valence-electron chi connectivity index (χ0n) is 17.6. The Kier molecular flexibility index (Phi) is 6.57. The molecule has 0 spiro atoms. The lowest BCUT2D eigenvalue weighted by molar-refractivity contribution is -0.187. The minimum Gasteiger partial charge on any atom is -0.459 e. The Morgan fingerprint density at radius 1 is 0.739 bits per heavy atom. The Hall–Kier alpha value is -0.570. The van der Waals surface area contributed by atoms with Crippen LogP contribution in [0.4, 0.5) is 0 Å². The lowest BCUT2D eigenvalue weighted by Gasteiger charge is -2.50. The fourth-order valence-electron chi connectivity index (χ4n) is 2.74. The van der Waals surface area contributed by atoms with Gasteiger partial charge in [0, 0.05) is 6.42 Å². The lowest BCUT2D eigenvalue weighted by Crippen LogP contribution is -2.52. The van der Waals surface area contributed by atoms with Gasteiger partial charge in [0.15, 0.2) is 0 Å². The zero-order valence-corrected chi connectivity index (χ0v) is 17.6. The van der Waals surface area contributed by atoms with Gasteiger partial charge >= 0.3 is 5.97 Å². The largest absolute Gasteiger partial charge is 0.459 e. The molecule has 0 atom stereocenters. The highest BCUT2D eigenvalue weighted by molar-refractivity contribution is 5.78. The maximum absolute atomic E-state index is 13.1. The fourth-order valence-corrected chi connectivity index (χ4v) is 2.74. The molecule has 0 rings (SSSR count). The zero-order chi connectivity index (χ0) is 18.9. The molecule has 0 fully saturated rings. The summed E-state index contributed by atoms with van der Waals surface area (Å²) in [5, 5.41) is 0. The SMILES string of the molecule is CC(C)(C)OCCC(C)(C)OC(=O)C(C)(C(C)(C)C)C(C)(C)C. The molecule has 0 aromatic rings. The van der Waals surface area contributed by atoms with Crippen molar-refractivity contribution in [1.29, 1.82) is 0 Å². The molecular weight excluding hydrogens is 288 g/mol. The highest BCUT2D eigenvalue weighted by Gasteiger charge is 2.54. The quantitative estimate of drug-likeness (QED) is 0.615. The van der Waals surface area contributed by atoms with Crippen LogP contribution < -0.4 is 0 Å². The van der Waals surface area contributed by atoms with Crippen molar-refractivity contribution in [3.63, 3.8) is 0 Å². The molecule has 0 aliphatic rings. The lowest BCUT2D eigenvalue weighted by atomic mass is 9.55. The average molecular weight is 329 g/mol. The number of ether oxygens (including phenoxy) is 2. The molecule has 23 heavy (non-hydrogen) atoms. The van der Waals surface area contributed by atoms with Crippen LogP contribution in [0.5, 0.6) is 0 Å². The van der Waals surface area contributed by atoms with Gasteiger partial charge in [-0.25, -0.2) is 0 Å². The van der Waals surface area contributed by atoms with E-state index in [1.165, 1.54) is 0 Å². The molecule has 0 bridgehead atoms. The average Bonchev–Trinajstić information content (AvgIpc) is 2.21. The molecule has 0 aromatic heterocycles. The summed E-state index contributed by atoms with van der Waals surface area (Å²) in [5.74, 6) is -0.127. The van der Waals surface area contributed by atoms with E-state index in [-0.39, 0.29) is 22.4 Å². The molecule has 3 nitrogen and oxygen atoms in total. The number of rotatable bonds is 5. The van der Waals surface area contributed by atoms with Gasteiger partial charge in [-0.05, 0) is 52.4 Å². The van der Waals surface area contributed by atoms with Gasteiger partial charge < -0.3 is 9.47 Å². The highest BCUT2D eigenvalue weighted by Crippen LogP contribution is 2.52. The second-order valence-corrected chi connectivity index (χ2v) is 10.5. The summed E-state index contributed by atoms with van der Waals surface area (Å²) in [6.07, 6.45) is 0.681. The Bertz CT molecular complexity index is 386. The maximum atomic E-state index is 13.1. The predicted molar refractivity (Wildman–Crippen MR) is 97.5 cm³/mol. The third-order valence-corrected chi connectivity index (χ3v) is 5.02. The third-order valence-electron chi connectivity index (χ3n) is 5.02. The van der Waals surface area contributed by atoms with Crippen molar-refractivity contribution in [3.8, 4) is 0 Å². The van der Waals surface area contributed by atoms with E-state index in [0.29, 0.717) is 13.0 Å². The van der Waals surface area contributed by atoms with Crippen LogP contribution in [0.2, 0.25) is 0 Å². The summed E-state index contributed by atoms with van der Waals surface area (Å²) in [4.78, 5) is 13.1. The molecule has 0 aliphatic heterocycles. The van der Waals surface area contributed by atoms with E-state index in [0.717, 1.165) is 0 Å². The van der Waals surface area contributed by atoms with Crippen molar-refractivity contribution in [1.82, 2.24) is 0 Å². The number of carbonyl (C=O) groups is 1. The molecule has 0 heterocycles. The van der Waals surface area contributed by atoms with Crippen molar-refractivity contribution >= 4 is 5.97 Å². The number of carbonyl (C=O) groups excluding carboxylic acids is 1. The van der Waals surface area contributed by atoms with E-state index in [1.54, 1.807) is 0 Å². The monoisotopic (exact) mass is 328 g/mol. The Labute approximate surface area is 144 Å². The molecular formula is C20H40O3. The first-order valence-electron chi connectivity index (χ1n) is 8.71. The van der Waals surface area contributed by atoms with E-state index in [2.05, 4.69) is 41.5 Å². The molecule has 0 aromatic carbocycles. The summed E-state index contributed by atoms with van der Waals surface area (Å²) in [6.45, 7) is 25.3. The Morgan fingerprint density at radius 3 is 1.43 bits per heavy atom. The summed E-state index contributed by atoms with van der Waals surface area (Å²) in [6, 6.07) is 0. The Balaban J connectivity index is 5.14. The first-order valence-corrected chi connectivity index (χ1v) is 8.71. The minimum absolute atomic E-state index is 0.127. The van der Waals surface area contributed by atoms with Crippen molar-refractivity contribution < 1.29 is 14.3 Å². The normalized spacial score (nSPS) is 14.8. The van der Waals surface area contributed by atoms with Crippen molar-refractivity contribution in [2.45, 2.75) is 101 Å². The molecule has 0 radical (unpaired) electrons. The van der Waals surface area contributed by atoms with Crippen LogP contribution in [-0.4, -0.2) is 23.8 Å². The van der Waals surface area contributed by atoms with E-state index in [1.807, 2.05) is 41.5 Å². The van der Waals surface area contributed by atoms with Gasteiger partial charge in [0.1, 0.15) is 5.60 Å². The molecule has 138 valence electrons. The third kappa shape index (κ3) is 6.10. The maximum Gasteiger partial charge on any atom is 0.313 e. The van der Waals surface area contributed by atoms with Gasteiger partial charge in [-0.15, -0.1) is 0 Å². The highest BCUT2D eigenvalue weighted by atomic mass is 16.6. The first kappa shape index (κ1) is 22.4. The van der Waals surface area contributed by atoms with Crippen LogP contribution in [0.3, 0.4) is 0 Å². The van der Waals surface area contributed by atoms with Gasteiger partial charge in [-0.3, -0.25) is 4.79 Å². The van der Waals surface area contributed by atoms with Crippen LogP contribution >= 0.6 is 0 Å². The van der Waals surface area contributed by atoms with Gasteiger partial charge in [0.25, 0.3) is 0 Å². The number of hydrogen-bond acceptors (Lipinski definition) is 3. The summed E-state index contributed by atoms with van der Waals surface area (Å²) in [5.41, 5.74) is -1.69. The molecule has 0 amide bonds. The number of hydrogen-bond donors (Lipinski definition) is 0. The summed E-state index contributed by atoms with van der Waals surface area (Å²) >= 11 is 0. The molecule has 0 aliphatic carbocycles. The number of esters is 1. The van der Waals surface area contributed by atoms with Crippen LogP contribution in [0.15, 0.2) is 0 Å². The first-order chi connectivity index (χ1) is 9.83. The van der Waals surface area contributed by atoms with Gasteiger partial charge in [0.05, 0.1) is 17.6 Å². The molecule has 0 saturated heterocycles. The van der Waals surface area contributed by atoms with Crippen molar-refractivity contribution in [2.24, 2.45) is 16.2 Å². The van der Waals surface area contributed by atoms with E-state index >= 15 is 0 Å². The van der Waals surface area contributed by atoms with Gasteiger partial charge in [0.2, 0.25) is 0 Å². The summed E-state index contributed by atoms with van der Waals surface area (Å²) in [7, 11) is 0. The Morgan fingerprint density at radius 2 is 1.13 bits per heavy atom. The molecule has 3 heteroatoms. The molecule has 0 unspecified atom stereocenters. The van der Waals surface area contributed by atoms with Crippen molar-refractivity contribution in [3.05, 3.63) is 0 Å². The van der Waals surface area contributed by atoms with E-state index in [9.17, 15) is 4.79 Å². The topological polar surface area (TPSA) is 35.5 Å². The van der Waals surface area contributed by atoms with Crippen LogP contribution in [-0.2, 0) is 14.3 Å². The van der Waals surface area contributed by atoms with Crippen LogP contribution in [0, 0.1) is 16.2 Å². The van der Waals surface area contributed by atoms with Crippen molar-refractivity contribution in [2.75, 3.05) is 6.61 Å².